The number of aromatic hydroxyl groups is 1. The Morgan fingerprint density at radius 3 is 2.62 bits per heavy atom. The summed E-state index contributed by atoms with van der Waals surface area (Å²) in [5.41, 5.74) is 15.4. The molecule has 166 valence electrons. The normalized spacial score (nSPS) is 10.9. The average molecular weight is 434 g/mol. The van der Waals surface area contributed by atoms with E-state index in [0.717, 1.165) is 16.7 Å². The summed E-state index contributed by atoms with van der Waals surface area (Å²) >= 11 is 0. The second-order valence-corrected chi connectivity index (χ2v) is 7.29. The fraction of sp³-hybridized carbons (Fsp3) is 0.174. The van der Waals surface area contributed by atoms with Crippen LogP contribution in [0.5, 0.6) is 5.75 Å². The van der Waals surface area contributed by atoms with Gasteiger partial charge in [0.15, 0.2) is 5.82 Å². The first kappa shape index (κ1) is 22.4. The zero-order valence-electron chi connectivity index (χ0n) is 18.0. The lowest BCUT2D eigenvalue weighted by molar-refractivity contribution is 0.100. The highest BCUT2D eigenvalue weighted by Gasteiger charge is 2.19. The molecule has 0 unspecified atom stereocenters. The number of carbonyl (C=O) groups excluding carboxylic acids is 1. The first-order valence-electron chi connectivity index (χ1n) is 10.1. The minimum atomic E-state index is -0.633. The lowest BCUT2D eigenvalue weighted by atomic mass is 10.0. The van der Waals surface area contributed by atoms with Crippen molar-refractivity contribution in [2.45, 2.75) is 26.8 Å². The number of hydrogen-bond donors (Lipinski definition) is 7. The van der Waals surface area contributed by atoms with Crippen LogP contribution in [0.25, 0.3) is 0 Å². The van der Waals surface area contributed by atoms with E-state index in [1.54, 1.807) is 24.3 Å². The summed E-state index contributed by atoms with van der Waals surface area (Å²) in [6, 6.07) is 10.9. The Balaban J connectivity index is 1.78. The standard InChI is InChI=1S/C23H27N7O2/c1-3-15-11-14(10-13(2)20(15)31)12-27-22-19(21(26)32)23(30-29-22)28-17-6-4-16(5-7-17)18(25)8-9-24/h4-11,25,31H,3,12,24H2,1-2H3,(H2,26,32)(H3,27,28,29,30)/b9-8-,25-18?. The van der Waals surface area contributed by atoms with Gasteiger partial charge in [-0.05, 0) is 60.0 Å². The fourth-order valence-electron chi connectivity index (χ4n) is 3.36. The number of aromatic amines is 1. The van der Waals surface area contributed by atoms with E-state index in [1.807, 2.05) is 26.0 Å². The van der Waals surface area contributed by atoms with Crippen LogP contribution in [0.1, 0.15) is 39.5 Å². The summed E-state index contributed by atoms with van der Waals surface area (Å²) in [6.07, 6.45) is 3.53. The van der Waals surface area contributed by atoms with Crippen LogP contribution in [0.4, 0.5) is 17.3 Å². The van der Waals surface area contributed by atoms with E-state index >= 15 is 0 Å². The van der Waals surface area contributed by atoms with Gasteiger partial charge in [-0.15, -0.1) is 0 Å². The maximum atomic E-state index is 12.1. The largest absolute Gasteiger partial charge is 0.507 e. The van der Waals surface area contributed by atoms with Gasteiger partial charge in [0.25, 0.3) is 5.91 Å². The minimum absolute atomic E-state index is 0.207. The van der Waals surface area contributed by atoms with Crippen LogP contribution in [0.3, 0.4) is 0 Å². The molecule has 9 heteroatoms. The topological polar surface area (TPSA) is 166 Å². The van der Waals surface area contributed by atoms with Gasteiger partial charge in [0.1, 0.15) is 17.1 Å². The van der Waals surface area contributed by atoms with E-state index in [9.17, 15) is 9.90 Å². The minimum Gasteiger partial charge on any atom is -0.507 e. The summed E-state index contributed by atoms with van der Waals surface area (Å²) in [5.74, 6) is 0.366. The second kappa shape index (κ2) is 9.69. The molecule has 0 aliphatic carbocycles. The number of carbonyl (C=O) groups is 1. The molecule has 0 atom stereocenters. The third-order valence-electron chi connectivity index (χ3n) is 5.02. The highest BCUT2D eigenvalue weighted by molar-refractivity contribution is 6.06. The molecule has 0 spiro atoms. The average Bonchev–Trinajstić information content (AvgIpc) is 3.17. The van der Waals surface area contributed by atoms with Gasteiger partial charge >= 0.3 is 0 Å². The van der Waals surface area contributed by atoms with Crippen molar-refractivity contribution >= 4 is 28.9 Å². The number of benzene rings is 2. The number of aromatic nitrogens is 2. The number of H-pyrrole nitrogens is 1. The van der Waals surface area contributed by atoms with Crippen molar-refractivity contribution in [1.82, 2.24) is 10.2 Å². The predicted octanol–water partition coefficient (Wildman–Crippen LogP) is 3.28. The number of anilines is 3. The quantitative estimate of drug-likeness (QED) is 0.256. The van der Waals surface area contributed by atoms with Crippen LogP contribution >= 0.6 is 0 Å². The maximum absolute atomic E-state index is 12.1. The number of nitrogens with one attached hydrogen (secondary N) is 4. The molecule has 9 nitrogen and oxygen atoms in total. The summed E-state index contributed by atoms with van der Waals surface area (Å²) < 4.78 is 0. The predicted molar refractivity (Wildman–Crippen MR) is 127 cm³/mol. The van der Waals surface area contributed by atoms with Crippen LogP contribution in [0.2, 0.25) is 0 Å². The van der Waals surface area contributed by atoms with Gasteiger partial charge in [0.05, 0.1) is 5.71 Å². The first-order valence-corrected chi connectivity index (χ1v) is 10.1. The van der Waals surface area contributed by atoms with Gasteiger partial charge in [-0.2, -0.15) is 5.10 Å². The monoisotopic (exact) mass is 433 g/mol. The molecular weight excluding hydrogens is 406 g/mol. The van der Waals surface area contributed by atoms with Crippen molar-refractivity contribution in [1.29, 1.82) is 5.41 Å². The molecule has 2 aromatic carbocycles. The van der Waals surface area contributed by atoms with E-state index in [1.165, 1.54) is 12.3 Å². The Morgan fingerprint density at radius 1 is 1.28 bits per heavy atom. The smallest absolute Gasteiger partial charge is 0.256 e. The maximum Gasteiger partial charge on any atom is 0.256 e. The molecule has 0 radical (unpaired) electrons. The SMILES string of the molecule is CCc1cc(CNc2[nH]nc(Nc3ccc(C(=N)/C=C\N)cc3)c2C(N)=O)cc(C)c1O. The van der Waals surface area contributed by atoms with Crippen molar-refractivity contribution in [3.05, 3.63) is 76.5 Å². The third-order valence-corrected chi connectivity index (χ3v) is 5.02. The summed E-state index contributed by atoms with van der Waals surface area (Å²) in [5, 5.41) is 31.3. The van der Waals surface area contributed by atoms with Gasteiger partial charge in [0.2, 0.25) is 0 Å². The molecule has 0 fully saturated rings. The number of nitrogens with zero attached hydrogens (tertiary/aromatic N) is 1. The van der Waals surface area contributed by atoms with Crippen molar-refractivity contribution in [2.24, 2.45) is 11.5 Å². The van der Waals surface area contributed by atoms with Crippen molar-refractivity contribution in [2.75, 3.05) is 10.6 Å². The molecule has 1 amide bonds. The number of nitrogens with two attached hydrogens (primary N) is 2. The highest BCUT2D eigenvalue weighted by atomic mass is 16.3. The number of amides is 1. The van der Waals surface area contributed by atoms with Crippen molar-refractivity contribution in [3.8, 4) is 5.75 Å². The molecular formula is C23H27N7O2. The molecule has 0 aliphatic rings. The van der Waals surface area contributed by atoms with E-state index in [2.05, 4.69) is 20.8 Å². The number of phenolic OH excluding ortho intramolecular Hbond substituents is 1. The highest BCUT2D eigenvalue weighted by Crippen LogP contribution is 2.27. The van der Waals surface area contributed by atoms with Crippen LogP contribution < -0.4 is 22.1 Å². The number of phenols is 1. The van der Waals surface area contributed by atoms with E-state index in [4.69, 9.17) is 16.9 Å². The number of allylic oxidation sites excluding steroid dienone is 1. The van der Waals surface area contributed by atoms with Gasteiger partial charge in [-0.3, -0.25) is 9.89 Å². The molecule has 0 saturated heterocycles. The van der Waals surface area contributed by atoms with Gasteiger partial charge < -0.3 is 32.6 Å². The summed E-state index contributed by atoms with van der Waals surface area (Å²) in [4.78, 5) is 12.1. The van der Waals surface area contributed by atoms with E-state index in [-0.39, 0.29) is 5.56 Å². The molecule has 0 aliphatic heterocycles. The fourth-order valence-corrected chi connectivity index (χ4v) is 3.36. The Hall–Kier alpha value is -4.27. The number of primary amides is 1. The lowest BCUT2D eigenvalue weighted by Crippen LogP contribution is -2.15. The summed E-state index contributed by atoms with van der Waals surface area (Å²) in [7, 11) is 0. The second-order valence-electron chi connectivity index (χ2n) is 7.29. The number of hydrogen-bond acceptors (Lipinski definition) is 7. The van der Waals surface area contributed by atoms with Crippen LogP contribution in [0.15, 0.2) is 48.7 Å². The molecule has 0 bridgehead atoms. The molecule has 0 saturated carbocycles. The van der Waals surface area contributed by atoms with E-state index < -0.39 is 5.91 Å². The zero-order valence-corrected chi connectivity index (χ0v) is 18.0. The molecule has 32 heavy (non-hydrogen) atoms. The molecule has 9 N–H and O–H groups in total. The molecule has 1 heterocycles. The Labute approximate surface area is 186 Å². The molecule has 1 aromatic heterocycles. The van der Waals surface area contributed by atoms with Gasteiger partial charge in [0, 0.05) is 12.2 Å². The zero-order chi connectivity index (χ0) is 23.3. The summed E-state index contributed by atoms with van der Waals surface area (Å²) in [6.45, 7) is 4.25. The Kier molecular flexibility index (Phi) is 6.79. The van der Waals surface area contributed by atoms with Gasteiger partial charge in [-0.1, -0.05) is 31.2 Å². The molecule has 3 aromatic rings. The van der Waals surface area contributed by atoms with Crippen molar-refractivity contribution in [3.63, 3.8) is 0 Å². The third kappa shape index (κ3) is 4.89. The van der Waals surface area contributed by atoms with Crippen LogP contribution in [-0.4, -0.2) is 26.9 Å². The van der Waals surface area contributed by atoms with E-state index in [0.29, 0.717) is 47.3 Å². The van der Waals surface area contributed by atoms with Crippen LogP contribution in [-0.2, 0) is 13.0 Å². The Morgan fingerprint density at radius 2 is 2.00 bits per heavy atom. The Bertz CT molecular complexity index is 1160. The molecule has 3 rings (SSSR count). The van der Waals surface area contributed by atoms with Crippen LogP contribution in [0, 0.1) is 12.3 Å². The lowest BCUT2D eigenvalue weighted by Gasteiger charge is -2.11. The number of aryl methyl sites for hydroxylation is 2. The van der Waals surface area contributed by atoms with Crippen molar-refractivity contribution < 1.29 is 9.90 Å². The number of rotatable bonds is 9. The first-order chi connectivity index (χ1) is 15.3. The van der Waals surface area contributed by atoms with Gasteiger partial charge in [-0.25, -0.2) is 0 Å².